The minimum absolute atomic E-state index is 0.156. The van der Waals surface area contributed by atoms with Crippen molar-refractivity contribution >= 4 is 5.97 Å². The van der Waals surface area contributed by atoms with E-state index in [4.69, 9.17) is 9.94 Å². The quantitative estimate of drug-likeness (QED) is 0.786. The van der Waals surface area contributed by atoms with Gasteiger partial charge in [0.2, 0.25) is 0 Å². The van der Waals surface area contributed by atoms with E-state index in [1.807, 2.05) is 30.3 Å². The molecule has 1 aromatic rings. The van der Waals surface area contributed by atoms with Gasteiger partial charge in [0.15, 0.2) is 0 Å². The molecule has 1 aromatic carbocycles. The Morgan fingerprint density at radius 1 is 1.33 bits per heavy atom. The number of hydrogen-bond acceptors (Lipinski definition) is 3. The highest BCUT2D eigenvalue weighted by atomic mass is 16.6. The molecule has 1 fully saturated rings. The molecule has 0 saturated heterocycles. The number of carboxylic acids is 1. The molecule has 2 unspecified atom stereocenters. The van der Waals surface area contributed by atoms with Crippen LogP contribution in [-0.4, -0.2) is 17.1 Å². The van der Waals surface area contributed by atoms with Crippen LogP contribution in [-0.2, 0) is 16.2 Å². The zero-order chi connectivity index (χ0) is 12.8. The second-order valence-corrected chi connectivity index (χ2v) is 4.79. The van der Waals surface area contributed by atoms with Crippen molar-refractivity contribution in [2.24, 2.45) is 5.92 Å². The molecule has 0 aromatic heterocycles. The summed E-state index contributed by atoms with van der Waals surface area (Å²) in [5.74, 6) is -0.916. The van der Waals surface area contributed by atoms with Crippen molar-refractivity contribution in [3.8, 4) is 0 Å². The highest BCUT2D eigenvalue weighted by Crippen LogP contribution is 2.24. The van der Waals surface area contributed by atoms with Gasteiger partial charge in [-0.1, -0.05) is 36.8 Å². The second kappa shape index (κ2) is 6.52. The first kappa shape index (κ1) is 13.1. The molecule has 0 amide bonds. The molecule has 18 heavy (non-hydrogen) atoms. The number of aliphatic carboxylic acids is 1. The molecular weight excluding hydrogens is 230 g/mol. The molecule has 4 heteroatoms. The average molecular weight is 249 g/mol. The first-order valence-corrected chi connectivity index (χ1v) is 6.40. The highest BCUT2D eigenvalue weighted by Gasteiger charge is 2.26. The maximum atomic E-state index is 10.9. The van der Waals surface area contributed by atoms with Crippen LogP contribution in [0.25, 0.3) is 0 Å². The summed E-state index contributed by atoms with van der Waals surface area (Å²) < 4.78 is 0. The standard InChI is InChI=1S/C14H19NO3/c16-14(17)12-7-4-8-13(9-12)15-18-10-11-5-2-1-3-6-11/h1-3,5-6,12-13,15H,4,7-10H2,(H,16,17). The predicted octanol–water partition coefficient (Wildman–Crippen LogP) is 2.35. The fourth-order valence-electron chi connectivity index (χ4n) is 2.34. The van der Waals surface area contributed by atoms with E-state index in [9.17, 15) is 4.79 Å². The molecule has 4 nitrogen and oxygen atoms in total. The lowest BCUT2D eigenvalue weighted by molar-refractivity contribution is -0.143. The van der Waals surface area contributed by atoms with Crippen LogP contribution in [0.15, 0.2) is 30.3 Å². The van der Waals surface area contributed by atoms with Crippen LogP contribution < -0.4 is 5.48 Å². The molecule has 0 spiro atoms. The largest absolute Gasteiger partial charge is 0.481 e. The molecule has 0 bridgehead atoms. The van der Waals surface area contributed by atoms with E-state index < -0.39 is 5.97 Å². The van der Waals surface area contributed by atoms with Gasteiger partial charge in [0, 0.05) is 6.04 Å². The lowest BCUT2D eigenvalue weighted by Gasteiger charge is -2.26. The minimum Gasteiger partial charge on any atom is -0.481 e. The molecule has 0 aliphatic heterocycles. The normalized spacial score (nSPS) is 23.8. The third-order valence-corrected chi connectivity index (χ3v) is 3.36. The summed E-state index contributed by atoms with van der Waals surface area (Å²) in [7, 11) is 0. The molecule has 1 aliphatic rings. The lowest BCUT2D eigenvalue weighted by atomic mass is 9.86. The van der Waals surface area contributed by atoms with Crippen LogP contribution in [0.3, 0.4) is 0 Å². The van der Waals surface area contributed by atoms with Crippen LogP contribution in [0.1, 0.15) is 31.2 Å². The van der Waals surface area contributed by atoms with Gasteiger partial charge in [0.05, 0.1) is 12.5 Å². The van der Waals surface area contributed by atoms with Crippen molar-refractivity contribution < 1.29 is 14.7 Å². The number of hydroxylamine groups is 1. The number of nitrogens with one attached hydrogen (secondary N) is 1. The van der Waals surface area contributed by atoms with E-state index >= 15 is 0 Å². The van der Waals surface area contributed by atoms with Crippen molar-refractivity contribution in [3.05, 3.63) is 35.9 Å². The van der Waals surface area contributed by atoms with E-state index in [1.54, 1.807) is 0 Å². The van der Waals surface area contributed by atoms with Crippen LogP contribution in [0.5, 0.6) is 0 Å². The maximum Gasteiger partial charge on any atom is 0.306 e. The smallest absolute Gasteiger partial charge is 0.306 e. The first-order chi connectivity index (χ1) is 8.75. The van der Waals surface area contributed by atoms with E-state index in [0.29, 0.717) is 13.0 Å². The fourth-order valence-corrected chi connectivity index (χ4v) is 2.34. The zero-order valence-electron chi connectivity index (χ0n) is 10.3. The van der Waals surface area contributed by atoms with Crippen LogP contribution in [0.2, 0.25) is 0 Å². The Hall–Kier alpha value is -1.39. The topological polar surface area (TPSA) is 58.6 Å². The van der Waals surface area contributed by atoms with Crippen LogP contribution in [0, 0.1) is 5.92 Å². The Bertz CT molecular complexity index is 380. The van der Waals surface area contributed by atoms with Gasteiger partial charge in [-0.15, -0.1) is 0 Å². The van der Waals surface area contributed by atoms with Crippen LogP contribution >= 0.6 is 0 Å². The van der Waals surface area contributed by atoms with E-state index in [2.05, 4.69) is 5.48 Å². The molecule has 2 rings (SSSR count). The Labute approximate surface area is 107 Å². The Balaban J connectivity index is 1.72. The van der Waals surface area contributed by atoms with Crippen molar-refractivity contribution in [1.29, 1.82) is 0 Å². The summed E-state index contributed by atoms with van der Waals surface area (Å²) >= 11 is 0. The average Bonchev–Trinajstić information content (AvgIpc) is 2.40. The van der Waals surface area contributed by atoms with E-state index in [1.165, 1.54) is 0 Å². The number of carboxylic acid groups (broad SMARTS) is 1. The van der Waals surface area contributed by atoms with E-state index in [0.717, 1.165) is 24.8 Å². The molecule has 0 heterocycles. The molecule has 2 atom stereocenters. The number of rotatable bonds is 5. The Morgan fingerprint density at radius 2 is 2.11 bits per heavy atom. The van der Waals surface area contributed by atoms with Crippen molar-refractivity contribution in [2.75, 3.05) is 0 Å². The summed E-state index contributed by atoms with van der Waals surface area (Å²) in [6, 6.07) is 10.1. The summed E-state index contributed by atoms with van der Waals surface area (Å²) in [5.41, 5.74) is 4.10. The third-order valence-electron chi connectivity index (χ3n) is 3.36. The summed E-state index contributed by atoms with van der Waals surface area (Å²) in [4.78, 5) is 16.4. The van der Waals surface area contributed by atoms with Gasteiger partial charge < -0.3 is 5.11 Å². The van der Waals surface area contributed by atoms with Gasteiger partial charge in [-0.25, -0.2) is 0 Å². The third kappa shape index (κ3) is 3.82. The van der Waals surface area contributed by atoms with Crippen molar-refractivity contribution in [3.63, 3.8) is 0 Å². The minimum atomic E-state index is -0.690. The van der Waals surface area contributed by atoms with Gasteiger partial charge in [0.25, 0.3) is 0 Å². The molecule has 98 valence electrons. The van der Waals surface area contributed by atoms with Gasteiger partial charge in [-0.2, -0.15) is 5.48 Å². The molecule has 2 N–H and O–H groups in total. The van der Waals surface area contributed by atoms with Crippen LogP contribution in [0.4, 0.5) is 0 Å². The Kier molecular flexibility index (Phi) is 4.73. The summed E-state index contributed by atoms with van der Waals surface area (Å²) in [6.07, 6.45) is 3.37. The van der Waals surface area contributed by atoms with E-state index in [-0.39, 0.29) is 12.0 Å². The number of carbonyl (C=O) groups is 1. The molecule has 1 aliphatic carbocycles. The summed E-state index contributed by atoms with van der Waals surface area (Å²) in [5, 5.41) is 8.99. The predicted molar refractivity (Wildman–Crippen MR) is 67.7 cm³/mol. The number of hydrogen-bond donors (Lipinski definition) is 2. The number of benzene rings is 1. The molecule has 1 saturated carbocycles. The SMILES string of the molecule is O=C(O)C1CCCC(NOCc2ccccc2)C1. The molecular formula is C14H19NO3. The second-order valence-electron chi connectivity index (χ2n) is 4.79. The Morgan fingerprint density at radius 3 is 2.83 bits per heavy atom. The van der Waals surface area contributed by atoms with Gasteiger partial charge >= 0.3 is 5.97 Å². The van der Waals surface area contributed by atoms with Gasteiger partial charge in [-0.05, 0) is 24.8 Å². The first-order valence-electron chi connectivity index (χ1n) is 6.40. The van der Waals surface area contributed by atoms with Crippen molar-refractivity contribution in [1.82, 2.24) is 5.48 Å². The maximum absolute atomic E-state index is 10.9. The molecule has 0 radical (unpaired) electrons. The fraction of sp³-hybridized carbons (Fsp3) is 0.500. The lowest BCUT2D eigenvalue weighted by Crippen LogP contribution is -2.36. The highest BCUT2D eigenvalue weighted by molar-refractivity contribution is 5.70. The van der Waals surface area contributed by atoms with Gasteiger partial charge in [0.1, 0.15) is 0 Å². The van der Waals surface area contributed by atoms with Crippen molar-refractivity contribution in [2.45, 2.75) is 38.3 Å². The van der Waals surface area contributed by atoms with Gasteiger partial charge in [-0.3, -0.25) is 9.63 Å². The monoisotopic (exact) mass is 249 g/mol. The summed E-state index contributed by atoms with van der Waals surface area (Å²) in [6.45, 7) is 0.509. The zero-order valence-corrected chi connectivity index (χ0v) is 10.3.